The Hall–Kier alpha value is -3.15. The van der Waals surface area contributed by atoms with E-state index in [0.717, 1.165) is 29.3 Å². The molecule has 0 saturated heterocycles. The van der Waals surface area contributed by atoms with Gasteiger partial charge in [0.1, 0.15) is 0 Å². The molecule has 2 heterocycles. The van der Waals surface area contributed by atoms with Gasteiger partial charge in [0.15, 0.2) is 0 Å². The van der Waals surface area contributed by atoms with E-state index in [1.807, 2.05) is 58.0 Å². The summed E-state index contributed by atoms with van der Waals surface area (Å²) in [5.74, 6) is 0.175. The molecule has 0 saturated carbocycles. The number of hydrazine groups is 1. The minimum Gasteiger partial charge on any atom is -0.344 e. The van der Waals surface area contributed by atoms with Crippen molar-refractivity contribution in [3.05, 3.63) is 76.4 Å². The number of anilines is 1. The summed E-state index contributed by atoms with van der Waals surface area (Å²) in [4.78, 5) is 21.1. The maximum atomic E-state index is 12.6. The van der Waals surface area contributed by atoms with Crippen LogP contribution in [0.15, 0.2) is 42.5 Å². The molecule has 0 aliphatic rings. The van der Waals surface area contributed by atoms with Gasteiger partial charge in [-0.25, -0.2) is 9.97 Å². The highest BCUT2D eigenvalue weighted by atomic mass is 16.2. The normalized spacial score (nSPS) is 10.6. The molecule has 1 aromatic carbocycles. The Morgan fingerprint density at radius 1 is 1.00 bits per heavy atom. The van der Waals surface area contributed by atoms with Gasteiger partial charge in [0, 0.05) is 29.3 Å². The van der Waals surface area contributed by atoms with Gasteiger partial charge < -0.3 is 4.57 Å². The molecule has 0 aliphatic heterocycles. The van der Waals surface area contributed by atoms with Gasteiger partial charge in [0.05, 0.1) is 5.56 Å². The van der Waals surface area contributed by atoms with Crippen LogP contribution < -0.4 is 10.9 Å². The van der Waals surface area contributed by atoms with Gasteiger partial charge in [-0.2, -0.15) is 0 Å². The number of aryl methyl sites for hydroxylation is 3. The number of nitrogens with zero attached hydrogens (tertiary/aromatic N) is 3. The predicted molar refractivity (Wildman–Crippen MR) is 102 cm³/mol. The molecule has 6 nitrogen and oxygen atoms in total. The monoisotopic (exact) mass is 349 g/mol. The number of carbonyl (C=O) groups is 1. The third-order valence-electron chi connectivity index (χ3n) is 4.27. The molecule has 0 aliphatic carbocycles. The molecule has 0 unspecified atom stereocenters. The van der Waals surface area contributed by atoms with Crippen molar-refractivity contribution in [3.63, 3.8) is 0 Å². The maximum Gasteiger partial charge on any atom is 0.271 e. The average molecular weight is 349 g/mol. The molecule has 3 rings (SSSR count). The number of hydrogen-bond donors (Lipinski definition) is 2. The topological polar surface area (TPSA) is 71.8 Å². The highest BCUT2D eigenvalue weighted by Gasteiger charge is 2.16. The summed E-state index contributed by atoms with van der Waals surface area (Å²) in [7, 11) is 0. The smallest absolute Gasteiger partial charge is 0.271 e. The van der Waals surface area contributed by atoms with Crippen LogP contribution in [-0.2, 0) is 6.54 Å². The second-order valence-corrected chi connectivity index (χ2v) is 6.41. The van der Waals surface area contributed by atoms with Crippen molar-refractivity contribution in [2.24, 2.45) is 0 Å². The first kappa shape index (κ1) is 17.7. The standard InChI is InChI=1S/C20H23N5O/c1-13-10-14(2)22-20(21-13)24-23-19(26)18-11-15(3)25(16(18)4)12-17-8-6-5-7-9-17/h5-11H,12H2,1-4H3,(H,23,26)(H,21,22,24). The van der Waals surface area contributed by atoms with Crippen LogP contribution in [0, 0.1) is 27.7 Å². The van der Waals surface area contributed by atoms with Gasteiger partial charge >= 0.3 is 0 Å². The van der Waals surface area contributed by atoms with Crippen molar-refractivity contribution in [1.82, 2.24) is 20.0 Å². The van der Waals surface area contributed by atoms with Crippen LogP contribution in [0.2, 0.25) is 0 Å². The van der Waals surface area contributed by atoms with E-state index >= 15 is 0 Å². The van der Waals surface area contributed by atoms with E-state index in [0.29, 0.717) is 11.5 Å². The summed E-state index contributed by atoms with van der Waals surface area (Å²) in [6.45, 7) is 8.47. The molecule has 134 valence electrons. The van der Waals surface area contributed by atoms with E-state index in [1.165, 1.54) is 5.56 Å². The van der Waals surface area contributed by atoms with Gasteiger partial charge in [0.2, 0.25) is 5.95 Å². The molecule has 3 aromatic rings. The largest absolute Gasteiger partial charge is 0.344 e. The van der Waals surface area contributed by atoms with Gasteiger partial charge in [-0.1, -0.05) is 30.3 Å². The third-order valence-corrected chi connectivity index (χ3v) is 4.27. The van der Waals surface area contributed by atoms with Gasteiger partial charge in [0.25, 0.3) is 5.91 Å². The quantitative estimate of drug-likeness (QED) is 0.693. The van der Waals surface area contributed by atoms with E-state index in [2.05, 4.69) is 37.5 Å². The third kappa shape index (κ3) is 3.91. The molecule has 26 heavy (non-hydrogen) atoms. The van der Waals surface area contributed by atoms with E-state index in [9.17, 15) is 4.79 Å². The second-order valence-electron chi connectivity index (χ2n) is 6.41. The Balaban J connectivity index is 1.74. The Morgan fingerprint density at radius 2 is 1.65 bits per heavy atom. The second kappa shape index (κ2) is 7.39. The van der Waals surface area contributed by atoms with Crippen LogP contribution in [-0.4, -0.2) is 20.4 Å². The van der Waals surface area contributed by atoms with E-state index in [1.54, 1.807) is 0 Å². The van der Waals surface area contributed by atoms with Crippen LogP contribution in [0.25, 0.3) is 0 Å². The molecule has 0 spiro atoms. The summed E-state index contributed by atoms with van der Waals surface area (Å²) < 4.78 is 2.14. The Bertz CT molecular complexity index is 911. The predicted octanol–water partition coefficient (Wildman–Crippen LogP) is 3.32. The van der Waals surface area contributed by atoms with Crippen molar-refractivity contribution in [2.75, 3.05) is 5.43 Å². The van der Waals surface area contributed by atoms with E-state index in [4.69, 9.17) is 0 Å². The fraction of sp³-hybridized carbons (Fsp3) is 0.250. The first-order chi connectivity index (χ1) is 12.4. The first-order valence-corrected chi connectivity index (χ1v) is 8.53. The zero-order chi connectivity index (χ0) is 18.7. The lowest BCUT2D eigenvalue weighted by Gasteiger charge is -2.11. The number of benzene rings is 1. The zero-order valence-electron chi connectivity index (χ0n) is 15.5. The summed E-state index contributed by atoms with van der Waals surface area (Å²) >= 11 is 0. The van der Waals surface area contributed by atoms with E-state index in [-0.39, 0.29) is 5.91 Å². The van der Waals surface area contributed by atoms with Crippen molar-refractivity contribution in [1.29, 1.82) is 0 Å². The molecule has 0 fully saturated rings. The number of amides is 1. The van der Waals surface area contributed by atoms with Crippen LogP contribution >= 0.6 is 0 Å². The summed E-state index contributed by atoms with van der Waals surface area (Å²) in [6.07, 6.45) is 0. The molecule has 0 atom stereocenters. The summed E-state index contributed by atoms with van der Waals surface area (Å²) in [5, 5.41) is 0. The van der Waals surface area contributed by atoms with Crippen molar-refractivity contribution >= 4 is 11.9 Å². The minimum atomic E-state index is -0.208. The van der Waals surface area contributed by atoms with Crippen molar-refractivity contribution in [2.45, 2.75) is 34.2 Å². The van der Waals surface area contributed by atoms with Crippen LogP contribution in [0.1, 0.15) is 38.7 Å². The summed E-state index contributed by atoms with van der Waals surface area (Å²) in [6, 6.07) is 14.0. The Morgan fingerprint density at radius 3 is 2.31 bits per heavy atom. The van der Waals surface area contributed by atoms with Crippen LogP contribution in [0.3, 0.4) is 0 Å². The van der Waals surface area contributed by atoms with E-state index < -0.39 is 0 Å². The fourth-order valence-corrected chi connectivity index (χ4v) is 3.00. The lowest BCUT2D eigenvalue weighted by atomic mass is 10.2. The molecule has 0 bridgehead atoms. The Kier molecular flexibility index (Phi) is 5.02. The van der Waals surface area contributed by atoms with Crippen LogP contribution in [0.5, 0.6) is 0 Å². The number of carbonyl (C=O) groups excluding carboxylic acids is 1. The molecule has 2 N–H and O–H groups in total. The molecule has 6 heteroatoms. The zero-order valence-corrected chi connectivity index (χ0v) is 15.5. The molecular weight excluding hydrogens is 326 g/mol. The van der Waals surface area contributed by atoms with Gasteiger partial charge in [-0.05, 0) is 45.4 Å². The summed E-state index contributed by atoms with van der Waals surface area (Å²) in [5.41, 5.74) is 11.0. The van der Waals surface area contributed by atoms with Crippen molar-refractivity contribution < 1.29 is 4.79 Å². The number of nitrogens with one attached hydrogen (secondary N) is 2. The highest BCUT2D eigenvalue weighted by Crippen LogP contribution is 2.17. The molecule has 2 aromatic heterocycles. The lowest BCUT2D eigenvalue weighted by molar-refractivity contribution is 0.0961. The average Bonchev–Trinajstić information content (AvgIpc) is 2.88. The maximum absolute atomic E-state index is 12.6. The molecule has 1 amide bonds. The highest BCUT2D eigenvalue weighted by molar-refractivity contribution is 5.96. The minimum absolute atomic E-state index is 0.208. The fourth-order valence-electron chi connectivity index (χ4n) is 3.00. The number of aromatic nitrogens is 3. The van der Waals surface area contributed by atoms with Gasteiger partial charge in [-0.15, -0.1) is 0 Å². The van der Waals surface area contributed by atoms with Crippen LogP contribution in [0.4, 0.5) is 5.95 Å². The lowest BCUT2D eigenvalue weighted by Crippen LogP contribution is -2.30. The molecule has 0 radical (unpaired) electrons. The Labute approximate surface area is 153 Å². The SMILES string of the molecule is Cc1cc(C)nc(NNC(=O)c2cc(C)n(Cc3ccccc3)c2C)n1. The number of hydrogen-bond acceptors (Lipinski definition) is 4. The van der Waals surface area contributed by atoms with Gasteiger partial charge in [-0.3, -0.25) is 15.6 Å². The van der Waals surface area contributed by atoms with Crippen molar-refractivity contribution in [3.8, 4) is 0 Å². The molecular formula is C20H23N5O. The first-order valence-electron chi connectivity index (χ1n) is 8.53. The number of rotatable bonds is 5.